The first-order chi connectivity index (χ1) is 19.3. The van der Waals surface area contributed by atoms with Crippen LogP contribution in [0.25, 0.3) is 0 Å². The molecule has 5 rings (SSSR count). The third kappa shape index (κ3) is 5.81. The van der Waals surface area contributed by atoms with Gasteiger partial charge < -0.3 is 14.8 Å². The van der Waals surface area contributed by atoms with E-state index in [1.54, 1.807) is 19.9 Å². The Morgan fingerprint density at radius 3 is 2.42 bits per heavy atom. The van der Waals surface area contributed by atoms with E-state index in [2.05, 4.69) is 5.32 Å². The monoisotopic (exact) mass is 560 g/mol. The molecule has 8 heteroatoms. The highest BCUT2D eigenvalue weighted by Crippen LogP contribution is 2.44. The molecule has 1 N–H and O–H groups in total. The van der Waals surface area contributed by atoms with Crippen LogP contribution in [0.15, 0.2) is 95.3 Å². The van der Waals surface area contributed by atoms with Gasteiger partial charge in [0.25, 0.3) is 0 Å². The normalized spacial score (nSPS) is 17.4. The number of ether oxygens (including phenoxy) is 2. The molecule has 0 bridgehead atoms. The molecule has 40 heavy (non-hydrogen) atoms. The molecule has 0 spiro atoms. The van der Waals surface area contributed by atoms with Crippen molar-refractivity contribution in [1.29, 1.82) is 0 Å². The van der Waals surface area contributed by atoms with Gasteiger partial charge in [0, 0.05) is 35.6 Å². The number of aryl methyl sites for hydroxylation is 1. The van der Waals surface area contributed by atoms with E-state index in [1.807, 2.05) is 65.6 Å². The number of nitrogens with zero attached hydrogens (tertiary/aromatic N) is 1. The number of para-hydroxylation sites is 1. The van der Waals surface area contributed by atoms with Gasteiger partial charge in [0.2, 0.25) is 0 Å². The van der Waals surface area contributed by atoms with Crippen molar-refractivity contribution in [2.24, 2.45) is 0 Å². The van der Waals surface area contributed by atoms with Crippen molar-refractivity contribution in [2.75, 3.05) is 26.3 Å². The number of nitrogens with one attached hydrogen (secondary N) is 1. The van der Waals surface area contributed by atoms with E-state index in [4.69, 9.17) is 21.1 Å². The van der Waals surface area contributed by atoms with E-state index in [0.717, 1.165) is 5.56 Å². The van der Waals surface area contributed by atoms with E-state index in [1.165, 1.54) is 6.07 Å². The molecule has 0 radical (unpaired) electrons. The average Bonchev–Trinajstić information content (AvgIpc) is 2.94. The molecule has 2 heterocycles. The number of carbonyl (C=O) groups is 2. The van der Waals surface area contributed by atoms with Crippen molar-refractivity contribution < 1.29 is 23.5 Å². The molecule has 0 saturated carbocycles. The number of dihydropyridines is 1. The molecule has 1 unspecified atom stereocenters. The molecule has 2 aliphatic heterocycles. The average molecular weight is 561 g/mol. The molecule has 2 aliphatic rings. The van der Waals surface area contributed by atoms with Gasteiger partial charge in [-0.05, 0) is 43.2 Å². The molecular weight excluding hydrogens is 531 g/mol. The first-order valence-corrected chi connectivity index (χ1v) is 13.5. The Morgan fingerprint density at radius 2 is 1.70 bits per heavy atom. The maximum atomic E-state index is 15.5. The highest BCUT2D eigenvalue weighted by molar-refractivity contribution is 6.32. The number of benzene rings is 3. The van der Waals surface area contributed by atoms with Crippen LogP contribution in [0.4, 0.5) is 4.39 Å². The second kappa shape index (κ2) is 12.1. The Balaban J connectivity index is 1.45. The lowest BCUT2D eigenvalue weighted by atomic mass is 9.76. The van der Waals surface area contributed by atoms with Gasteiger partial charge in [0.1, 0.15) is 24.8 Å². The van der Waals surface area contributed by atoms with Crippen LogP contribution in [0.1, 0.15) is 29.5 Å². The summed E-state index contributed by atoms with van der Waals surface area (Å²) in [5.74, 6) is -1.79. The van der Waals surface area contributed by atoms with Gasteiger partial charge in [-0.3, -0.25) is 9.69 Å². The Hall–Kier alpha value is -3.94. The van der Waals surface area contributed by atoms with Gasteiger partial charge in [-0.25, -0.2) is 9.18 Å². The molecule has 0 aliphatic carbocycles. The van der Waals surface area contributed by atoms with Gasteiger partial charge in [-0.15, -0.1) is 0 Å². The van der Waals surface area contributed by atoms with Crippen molar-refractivity contribution in [1.82, 2.24) is 10.2 Å². The van der Waals surface area contributed by atoms with Crippen molar-refractivity contribution in [3.05, 3.63) is 123 Å². The van der Waals surface area contributed by atoms with E-state index < -0.39 is 17.7 Å². The van der Waals surface area contributed by atoms with Crippen molar-refractivity contribution in [2.45, 2.75) is 26.3 Å². The molecule has 1 atom stereocenters. The predicted octanol–water partition coefficient (Wildman–Crippen LogP) is 5.71. The lowest BCUT2D eigenvalue weighted by Gasteiger charge is -2.38. The lowest BCUT2D eigenvalue weighted by molar-refractivity contribution is -0.140. The largest absolute Gasteiger partial charge is 0.490 e. The highest BCUT2D eigenvalue weighted by atomic mass is 35.5. The molecule has 0 saturated heterocycles. The topological polar surface area (TPSA) is 67.9 Å². The fourth-order valence-electron chi connectivity index (χ4n) is 5.26. The molecule has 3 aromatic carbocycles. The van der Waals surface area contributed by atoms with Crippen LogP contribution in [-0.2, 0) is 20.9 Å². The maximum Gasteiger partial charge on any atom is 0.336 e. The Labute approximate surface area is 238 Å². The van der Waals surface area contributed by atoms with Gasteiger partial charge in [0.15, 0.2) is 5.78 Å². The van der Waals surface area contributed by atoms with E-state index in [-0.39, 0.29) is 41.7 Å². The molecule has 0 amide bonds. The molecule has 3 aromatic rings. The second-order valence-corrected chi connectivity index (χ2v) is 10.3. The number of rotatable bonds is 8. The van der Waals surface area contributed by atoms with Gasteiger partial charge in [-0.1, -0.05) is 66.2 Å². The number of allylic oxidation sites excluding steroid dienone is 1. The summed E-state index contributed by atoms with van der Waals surface area (Å²) in [4.78, 5) is 29.2. The number of carbonyl (C=O) groups excluding carboxylic acids is 2. The summed E-state index contributed by atoms with van der Waals surface area (Å²) in [5.41, 5.74) is 3.46. The number of esters is 1. The third-order valence-corrected chi connectivity index (χ3v) is 7.60. The van der Waals surface area contributed by atoms with Crippen LogP contribution < -0.4 is 10.1 Å². The molecule has 0 fully saturated rings. The first-order valence-electron chi connectivity index (χ1n) is 13.1. The minimum Gasteiger partial charge on any atom is -0.490 e. The zero-order chi connectivity index (χ0) is 28.2. The number of Topliss-reactive ketones (excluding diaryl/α,β-unsaturated/α-hetero) is 1. The summed E-state index contributed by atoms with van der Waals surface area (Å²) >= 11 is 6.66. The molecular formula is C32H30ClFN2O4. The smallest absolute Gasteiger partial charge is 0.336 e. The predicted molar refractivity (Wildman–Crippen MR) is 151 cm³/mol. The highest BCUT2D eigenvalue weighted by Gasteiger charge is 2.42. The minimum absolute atomic E-state index is 0.0219. The molecule has 6 nitrogen and oxygen atoms in total. The standard InChI is InChI=1S/C32H30ClFN2O4/c1-20-13-14-24(34)28(31(20)33)30-27(32(38)40-16-15-39-23-11-7-4-8-12-23)21(2)35-25-18-36(19-26(37)29(25)30)17-22-9-5-3-6-10-22/h3-14,30,35H,15-19H2,1-2H3. The molecule has 206 valence electrons. The van der Waals surface area contributed by atoms with Crippen LogP contribution in [0.2, 0.25) is 5.02 Å². The van der Waals surface area contributed by atoms with Gasteiger partial charge in [-0.2, -0.15) is 0 Å². The Kier molecular flexibility index (Phi) is 8.33. The Bertz CT molecular complexity index is 1490. The SMILES string of the molecule is CC1=C(C(=O)OCCOc2ccccc2)C(c2c(F)ccc(C)c2Cl)C2=C(CN(Cc3ccccc3)CC2=O)N1. The van der Waals surface area contributed by atoms with E-state index >= 15 is 4.39 Å². The van der Waals surface area contributed by atoms with E-state index in [0.29, 0.717) is 41.4 Å². The lowest BCUT2D eigenvalue weighted by Crippen LogP contribution is -2.45. The fourth-order valence-corrected chi connectivity index (χ4v) is 5.52. The quantitative estimate of drug-likeness (QED) is 0.281. The van der Waals surface area contributed by atoms with E-state index in [9.17, 15) is 9.59 Å². The zero-order valence-electron chi connectivity index (χ0n) is 22.4. The third-order valence-electron chi connectivity index (χ3n) is 7.10. The number of halogens is 2. The molecule has 0 aromatic heterocycles. The van der Waals surface area contributed by atoms with Crippen LogP contribution >= 0.6 is 11.6 Å². The number of hydrogen-bond donors (Lipinski definition) is 1. The summed E-state index contributed by atoms with van der Waals surface area (Å²) in [6.45, 7) is 4.75. The van der Waals surface area contributed by atoms with Gasteiger partial charge in [0.05, 0.1) is 23.1 Å². The van der Waals surface area contributed by atoms with Crippen LogP contribution in [-0.4, -0.2) is 43.0 Å². The summed E-state index contributed by atoms with van der Waals surface area (Å²) in [7, 11) is 0. The van der Waals surface area contributed by atoms with Crippen LogP contribution in [0.5, 0.6) is 5.75 Å². The second-order valence-electron chi connectivity index (χ2n) is 9.93. The zero-order valence-corrected chi connectivity index (χ0v) is 23.1. The van der Waals surface area contributed by atoms with Crippen molar-refractivity contribution >= 4 is 23.4 Å². The Morgan fingerprint density at radius 1 is 1.00 bits per heavy atom. The summed E-state index contributed by atoms with van der Waals surface area (Å²) in [6.07, 6.45) is 0. The number of hydrogen-bond acceptors (Lipinski definition) is 6. The van der Waals surface area contributed by atoms with Crippen molar-refractivity contribution in [3.63, 3.8) is 0 Å². The van der Waals surface area contributed by atoms with Crippen LogP contribution in [0, 0.1) is 12.7 Å². The van der Waals surface area contributed by atoms with Gasteiger partial charge >= 0.3 is 5.97 Å². The minimum atomic E-state index is -1.00. The first kappa shape index (κ1) is 27.6. The number of ketones is 1. The maximum absolute atomic E-state index is 15.5. The van der Waals surface area contributed by atoms with Crippen molar-refractivity contribution in [3.8, 4) is 5.75 Å². The summed E-state index contributed by atoms with van der Waals surface area (Å²) in [5, 5.41) is 3.45. The fraction of sp³-hybridized carbons (Fsp3) is 0.250. The van der Waals surface area contributed by atoms with Crippen LogP contribution in [0.3, 0.4) is 0 Å². The summed E-state index contributed by atoms with van der Waals surface area (Å²) in [6, 6.07) is 22.0. The summed E-state index contributed by atoms with van der Waals surface area (Å²) < 4.78 is 26.7.